The lowest BCUT2D eigenvalue weighted by Gasteiger charge is -2.09. The fraction of sp³-hybridized carbons (Fsp3) is 0.0909. The van der Waals surface area contributed by atoms with Crippen LogP contribution in [0.25, 0.3) is 10.8 Å². The number of amidine groups is 1. The average Bonchev–Trinajstić information content (AvgIpc) is 2.38. The summed E-state index contributed by atoms with van der Waals surface area (Å²) in [5, 5.41) is 13.3. The number of ether oxygens (including phenoxy) is 1. The second kappa shape index (κ2) is 4.58. The number of benzene rings is 1. The minimum Gasteiger partial charge on any atom is -0.496 e. The van der Waals surface area contributed by atoms with Gasteiger partial charge in [0.15, 0.2) is 5.84 Å². The minimum atomic E-state index is -0.0375. The number of aromatic nitrogens is 1. The van der Waals surface area contributed by atoms with E-state index in [9.17, 15) is 0 Å². The first-order chi connectivity index (χ1) is 8.19. The van der Waals surface area contributed by atoms with Crippen LogP contribution in [-0.2, 0) is 0 Å². The monoisotopic (exact) mass is 295 g/mol. The quantitative estimate of drug-likeness (QED) is 0.385. The topological polar surface area (TPSA) is 80.7 Å². The van der Waals surface area contributed by atoms with Crippen LogP contribution in [0.3, 0.4) is 0 Å². The van der Waals surface area contributed by atoms with Gasteiger partial charge in [0.25, 0.3) is 0 Å². The van der Waals surface area contributed by atoms with Crippen molar-refractivity contribution in [3.63, 3.8) is 0 Å². The lowest BCUT2D eigenvalue weighted by Crippen LogP contribution is -2.15. The highest BCUT2D eigenvalue weighted by Crippen LogP contribution is 2.32. The number of oxime groups is 1. The Morgan fingerprint density at radius 3 is 2.88 bits per heavy atom. The first-order valence-corrected chi connectivity index (χ1v) is 5.57. The maximum atomic E-state index is 8.74. The molecular weight excluding hydrogens is 286 g/mol. The first-order valence-electron chi connectivity index (χ1n) is 4.78. The molecule has 17 heavy (non-hydrogen) atoms. The number of rotatable bonds is 2. The fourth-order valence-electron chi connectivity index (χ4n) is 1.65. The van der Waals surface area contributed by atoms with Crippen LogP contribution in [0.1, 0.15) is 5.69 Å². The minimum absolute atomic E-state index is 0.0375. The summed E-state index contributed by atoms with van der Waals surface area (Å²) in [6.45, 7) is 0. The largest absolute Gasteiger partial charge is 0.496 e. The van der Waals surface area contributed by atoms with Gasteiger partial charge in [0, 0.05) is 21.4 Å². The van der Waals surface area contributed by atoms with Crippen molar-refractivity contribution in [3.05, 3.63) is 34.6 Å². The van der Waals surface area contributed by atoms with Crippen LogP contribution in [-0.4, -0.2) is 23.1 Å². The van der Waals surface area contributed by atoms with Gasteiger partial charge in [-0.1, -0.05) is 21.1 Å². The van der Waals surface area contributed by atoms with Crippen molar-refractivity contribution < 1.29 is 9.94 Å². The zero-order valence-corrected chi connectivity index (χ0v) is 10.6. The third kappa shape index (κ3) is 1.91. The molecule has 0 radical (unpaired) electrons. The highest BCUT2D eigenvalue weighted by atomic mass is 79.9. The molecule has 0 aliphatic heterocycles. The molecule has 0 saturated carbocycles. The Morgan fingerprint density at radius 1 is 1.47 bits per heavy atom. The van der Waals surface area contributed by atoms with Gasteiger partial charge in [-0.05, 0) is 18.2 Å². The van der Waals surface area contributed by atoms with E-state index in [1.807, 2.05) is 18.2 Å². The molecule has 0 bridgehead atoms. The summed E-state index contributed by atoms with van der Waals surface area (Å²) < 4.78 is 6.07. The van der Waals surface area contributed by atoms with Crippen LogP contribution in [0.5, 0.6) is 5.75 Å². The molecule has 0 aliphatic carbocycles. The van der Waals surface area contributed by atoms with Gasteiger partial charge in [0.05, 0.1) is 7.11 Å². The highest BCUT2D eigenvalue weighted by Gasteiger charge is 2.13. The normalized spacial score (nSPS) is 11.8. The molecule has 3 N–H and O–H groups in total. The Morgan fingerprint density at radius 2 is 2.24 bits per heavy atom. The van der Waals surface area contributed by atoms with E-state index >= 15 is 0 Å². The zero-order chi connectivity index (χ0) is 12.4. The van der Waals surface area contributed by atoms with E-state index in [4.69, 9.17) is 15.7 Å². The van der Waals surface area contributed by atoms with E-state index < -0.39 is 0 Å². The van der Waals surface area contributed by atoms with Crippen LogP contribution in [0, 0.1) is 0 Å². The van der Waals surface area contributed by atoms with Crippen LogP contribution >= 0.6 is 15.9 Å². The Hall–Kier alpha value is -1.82. The van der Waals surface area contributed by atoms with Gasteiger partial charge < -0.3 is 15.7 Å². The number of nitrogens with two attached hydrogens (primary N) is 1. The number of nitrogens with zero attached hydrogens (tertiary/aromatic N) is 2. The average molecular weight is 296 g/mol. The number of pyridine rings is 1. The van der Waals surface area contributed by atoms with Gasteiger partial charge >= 0.3 is 0 Å². The van der Waals surface area contributed by atoms with E-state index in [1.54, 1.807) is 13.3 Å². The van der Waals surface area contributed by atoms with Crippen LogP contribution in [0.15, 0.2) is 34.0 Å². The maximum absolute atomic E-state index is 8.74. The number of hydrogen-bond acceptors (Lipinski definition) is 4. The van der Waals surface area contributed by atoms with Gasteiger partial charge in [-0.15, -0.1) is 0 Å². The van der Waals surface area contributed by atoms with Gasteiger partial charge in [-0.3, -0.25) is 4.98 Å². The SMILES string of the molecule is COc1ccc(Br)c2c(C(N)=NO)nccc12. The molecule has 0 amide bonds. The number of halogens is 1. The molecule has 0 fully saturated rings. The van der Waals surface area contributed by atoms with E-state index in [1.165, 1.54) is 0 Å². The predicted molar refractivity (Wildman–Crippen MR) is 68.5 cm³/mol. The lowest BCUT2D eigenvalue weighted by atomic mass is 10.1. The highest BCUT2D eigenvalue weighted by molar-refractivity contribution is 9.10. The Balaban J connectivity index is 2.88. The van der Waals surface area contributed by atoms with E-state index in [0.29, 0.717) is 11.4 Å². The maximum Gasteiger partial charge on any atom is 0.189 e. The van der Waals surface area contributed by atoms with Gasteiger partial charge in [-0.25, -0.2) is 0 Å². The molecule has 1 aromatic carbocycles. The molecule has 2 aromatic rings. The molecule has 1 aromatic heterocycles. The lowest BCUT2D eigenvalue weighted by molar-refractivity contribution is 0.318. The second-order valence-electron chi connectivity index (χ2n) is 3.32. The number of hydrogen-bond donors (Lipinski definition) is 2. The second-order valence-corrected chi connectivity index (χ2v) is 4.17. The standard InChI is InChI=1S/C11H10BrN3O2/c1-17-8-3-2-7(12)9-6(8)4-5-14-10(9)11(13)15-16/h2-5,16H,1H3,(H2,13,15). The summed E-state index contributed by atoms with van der Waals surface area (Å²) in [5.74, 6) is 0.669. The molecule has 2 rings (SSSR count). The van der Waals surface area contributed by atoms with Gasteiger partial charge in [-0.2, -0.15) is 0 Å². The van der Waals surface area contributed by atoms with Crippen molar-refractivity contribution in [2.75, 3.05) is 7.11 Å². The van der Waals surface area contributed by atoms with Gasteiger partial charge in [0.1, 0.15) is 11.4 Å². The molecule has 0 spiro atoms. The molecule has 5 nitrogen and oxygen atoms in total. The molecule has 88 valence electrons. The van der Waals surface area contributed by atoms with E-state index in [2.05, 4.69) is 26.1 Å². The van der Waals surface area contributed by atoms with Crippen LogP contribution in [0.4, 0.5) is 0 Å². The van der Waals surface area contributed by atoms with E-state index in [-0.39, 0.29) is 5.84 Å². The summed E-state index contributed by atoms with van der Waals surface area (Å²) in [6.07, 6.45) is 1.59. The van der Waals surface area contributed by atoms with Crippen molar-refractivity contribution in [2.45, 2.75) is 0 Å². The summed E-state index contributed by atoms with van der Waals surface area (Å²) >= 11 is 3.42. The predicted octanol–water partition coefficient (Wildman–Crippen LogP) is 2.10. The van der Waals surface area contributed by atoms with Crippen molar-refractivity contribution in [1.29, 1.82) is 0 Å². The van der Waals surface area contributed by atoms with E-state index in [0.717, 1.165) is 15.2 Å². The molecule has 6 heteroatoms. The summed E-state index contributed by atoms with van der Waals surface area (Å²) in [4.78, 5) is 4.11. The van der Waals surface area contributed by atoms with Crippen molar-refractivity contribution in [3.8, 4) is 5.75 Å². The molecule has 1 heterocycles. The zero-order valence-electron chi connectivity index (χ0n) is 9.01. The summed E-state index contributed by atoms with van der Waals surface area (Å²) in [7, 11) is 1.59. The van der Waals surface area contributed by atoms with Crippen molar-refractivity contribution >= 4 is 32.5 Å². The first kappa shape index (κ1) is 11.7. The molecule has 0 aliphatic rings. The number of methoxy groups -OCH3 is 1. The van der Waals surface area contributed by atoms with Crippen molar-refractivity contribution in [2.24, 2.45) is 10.9 Å². The summed E-state index contributed by atoms with van der Waals surface area (Å²) in [6, 6.07) is 5.48. The smallest absolute Gasteiger partial charge is 0.189 e. The Kier molecular flexibility index (Phi) is 3.14. The van der Waals surface area contributed by atoms with Crippen LogP contribution < -0.4 is 10.5 Å². The van der Waals surface area contributed by atoms with Crippen molar-refractivity contribution in [1.82, 2.24) is 4.98 Å². The third-order valence-electron chi connectivity index (χ3n) is 2.41. The fourth-order valence-corrected chi connectivity index (χ4v) is 2.18. The Labute approximate surface area is 106 Å². The number of fused-ring (bicyclic) bond motifs is 1. The van der Waals surface area contributed by atoms with Crippen LogP contribution in [0.2, 0.25) is 0 Å². The molecule has 0 unspecified atom stereocenters. The third-order valence-corrected chi connectivity index (χ3v) is 3.07. The summed E-state index contributed by atoms with van der Waals surface area (Å²) in [5.41, 5.74) is 6.01. The molecule has 0 saturated heterocycles. The molecule has 0 atom stereocenters. The van der Waals surface area contributed by atoms with Gasteiger partial charge in [0.2, 0.25) is 0 Å². The Bertz CT molecular complexity index is 599. The molecular formula is C11H10BrN3O2.